The first-order valence-corrected chi connectivity index (χ1v) is 5.51. The lowest BCUT2D eigenvalue weighted by molar-refractivity contribution is -0.140. The molecule has 0 aliphatic carbocycles. The maximum absolute atomic E-state index is 11.8. The molecule has 0 spiro atoms. The van der Waals surface area contributed by atoms with Crippen LogP contribution < -0.4 is 5.32 Å². The Balaban J connectivity index is 1.97. The number of urea groups is 1. The van der Waals surface area contributed by atoms with Gasteiger partial charge in [0.2, 0.25) is 0 Å². The van der Waals surface area contributed by atoms with Gasteiger partial charge in [0.15, 0.2) is 6.04 Å². The van der Waals surface area contributed by atoms with Gasteiger partial charge in [0.05, 0.1) is 13.2 Å². The maximum Gasteiger partial charge on any atom is 0.328 e. The number of aromatic nitrogens is 2. The highest BCUT2D eigenvalue weighted by atomic mass is 16.4. The highest BCUT2D eigenvalue weighted by molar-refractivity contribution is 5.82. The number of fused-ring (bicyclic) bond motifs is 1. The monoisotopic (exact) mass is 254 g/mol. The Morgan fingerprint density at radius 2 is 2.28 bits per heavy atom. The van der Waals surface area contributed by atoms with Crippen molar-refractivity contribution in [1.82, 2.24) is 19.8 Å². The van der Waals surface area contributed by atoms with Crippen LogP contribution >= 0.6 is 0 Å². The van der Waals surface area contributed by atoms with Crippen molar-refractivity contribution in [3.05, 3.63) is 18.2 Å². The number of amides is 2. The first kappa shape index (κ1) is 12.4. The number of imidazole rings is 1. The van der Waals surface area contributed by atoms with E-state index in [1.807, 2.05) is 10.8 Å². The molecule has 2 heterocycles. The second-order valence-corrected chi connectivity index (χ2v) is 3.98. The minimum absolute atomic E-state index is 0.330. The number of carboxylic acids is 1. The molecule has 1 unspecified atom stereocenters. The summed E-state index contributed by atoms with van der Waals surface area (Å²) in [7, 11) is 0. The minimum Gasteiger partial charge on any atom is -0.480 e. The van der Waals surface area contributed by atoms with Crippen LogP contribution in [-0.2, 0) is 17.9 Å². The van der Waals surface area contributed by atoms with Gasteiger partial charge in [0, 0.05) is 25.5 Å². The standard InChI is InChI=1S/C10H14N4O4/c15-6-7(9(16)17)12-10(18)14-4-3-13-2-1-11-8(13)5-14/h1-2,7,15H,3-6H2,(H,12,18)(H,16,17). The van der Waals surface area contributed by atoms with Crippen LogP contribution in [0.3, 0.4) is 0 Å². The molecule has 0 fully saturated rings. The van der Waals surface area contributed by atoms with Gasteiger partial charge in [0.25, 0.3) is 0 Å². The number of hydrogen-bond acceptors (Lipinski definition) is 4. The molecule has 98 valence electrons. The van der Waals surface area contributed by atoms with Gasteiger partial charge in [-0.1, -0.05) is 0 Å². The zero-order chi connectivity index (χ0) is 13.1. The molecule has 0 saturated carbocycles. The fraction of sp³-hybridized carbons (Fsp3) is 0.500. The molecule has 0 radical (unpaired) electrons. The van der Waals surface area contributed by atoms with Gasteiger partial charge in [-0.25, -0.2) is 14.6 Å². The number of carboxylic acid groups (broad SMARTS) is 1. The van der Waals surface area contributed by atoms with Crippen molar-refractivity contribution in [2.45, 2.75) is 19.1 Å². The largest absolute Gasteiger partial charge is 0.480 e. The molecule has 8 heteroatoms. The molecule has 2 rings (SSSR count). The van der Waals surface area contributed by atoms with Gasteiger partial charge in [-0.05, 0) is 0 Å². The van der Waals surface area contributed by atoms with Crippen LogP contribution in [0.25, 0.3) is 0 Å². The Hall–Kier alpha value is -2.09. The predicted molar refractivity (Wildman–Crippen MR) is 59.7 cm³/mol. The summed E-state index contributed by atoms with van der Waals surface area (Å²) < 4.78 is 1.94. The summed E-state index contributed by atoms with van der Waals surface area (Å²) in [6.45, 7) is 0.798. The van der Waals surface area contributed by atoms with Crippen LogP contribution in [0.5, 0.6) is 0 Å². The van der Waals surface area contributed by atoms with Crippen LogP contribution in [0.4, 0.5) is 4.79 Å². The first-order valence-electron chi connectivity index (χ1n) is 5.51. The van der Waals surface area contributed by atoms with Crippen LogP contribution in [-0.4, -0.2) is 55.9 Å². The van der Waals surface area contributed by atoms with E-state index >= 15 is 0 Å². The lowest BCUT2D eigenvalue weighted by Crippen LogP contribution is -2.51. The number of carbonyl (C=O) groups is 2. The van der Waals surface area contributed by atoms with Crippen LogP contribution in [0.15, 0.2) is 12.4 Å². The van der Waals surface area contributed by atoms with Crippen LogP contribution in [0.1, 0.15) is 5.82 Å². The Labute approximate surface area is 103 Å². The smallest absolute Gasteiger partial charge is 0.328 e. The summed E-state index contributed by atoms with van der Waals surface area (Å²) in [6, 6.07) is -1.79. The van der Waals surface area contributed by atoms with E-state index in [0.717, 1.165) is 5.82 Å². The number of carbonyl (C=O) groups excluding carboxylic acids is 1. The number of nitrogens with one attached hydrogen (secondary N) is 1. The van der Waals surface area contributed by atoms with E-state index in [1.54, 1.807) is 6.20 Å². The number of hydrogen-bond donors (Lipinski definition) is 3. The summed E-state index contributed by atoms with van der Waals surface area (Å²) in [5.41, 5.74) is 0. The highest BCUT2D eigenvalue weighted by Crippen LogP contribution is 2.10. The van der Waals surface area contributed by atoms with E-state index in [2.05, 4.69) is 10.3 Å². The Morgan fingerprint density at radius 3 is 2.94 bits per heavy atom. The Morgan fingerprint density at radius 1 is 1.50 bits per heavy atom. The van der Waals surface area contributed by atoms with Crippen molar-refractivity contribution in [3.63, 3.8) is 0 Å². The molecule has 1 aliphatic heterocycles. The van der Waals surface area contributed by atoms with E-state index in [-0.39, 0.29) is 0 Å². The van der Waals surface area contributed by atoms with Crippen molar-refractivity contribution in [3.8, 4) is 0 Å². The van der Waals surface area contributed by atoms with Gasteiger partial charge in [-0.3, -0.25) is 0 Å². The van der Waals surface area contributed by atoms with Crippen molar-refractivity contribution < 1.29 is 19.8 Å². The summed E-state index contributed by atoms with van der Waals surface area (Å²) in [4.78, 5) is 28.1. The van der Waals surface area contributed by atoms with E-state index in [4.69, 9.17) is 10.2 Å². The quantitative estimate of drug-likeness (QED) is 0.631. The maximum atomic E-state index is 11.8. The molecule has 3 N–H and O–H groups in total. The molecule has 2 amide bonds. The van der Waals surface area contributed by atoms with Crippen molar-refractivity contribution in [1.29, 1.82) is 0 Å². The third-order valence-electron chi connectivity index (χ3n) is 2.81. The van der Waals surface area contributed by atoms with Gasteiger partial charge < -0.3 is 25.0 Å². The zero-order valence-electron chi connectivity index (χ0n) is 9.61. The fourth-order valence-electron chi connectivity index (χ4n) is 1.77. The molecule has 0 aromatic carbocycles. The zero-order valence-corrected chi connectivity index (χ0v) is 9.61. The van der Waals surface area contributed by atoms with E-state index in [9.17, 15) is 9.59 Å². The fourth-order valence-corrected chi connectivity index (χ4v) is 1.77. The first-order chi connectivity index (χ1) is 8.61. The molecule has 1 aliphatic rings. The molecular formula is C10H14N4O4. The molecule has 1 atom stereocenters. The molecule has 0 saturated heterocycles. The number of nitrogens with zero attached hydrogens (tertiary/aromatic N) is 3. The number of aliphatic hydroxyl groups excluding tert-OH is 1. The van der Waals surface area contributed by atoms with Crippen molar-refractivity contribution in [2.75, 3.05) is 13.2 Å². The second-order valence-electron chi connectivity index (χ2n) is 3.98. The van der Waals surface area contributed by atoms with Crippen molar-refractivity contribution >= 4 is 12.0 Å². The summed E-state index contributed by atoms with van der Waals surface area (Å²) >= 11 is 0. The predicted octanol–water partition coefficient (Wildman–Crippen LogP) is -1.15. The second kappa shape index (κ2) is 5.05. The Bertz CT molecular complexity index is 458. The van der Waals surface area contributed by atoms with Gasteiger partial charge >= 0.3 is 12.0 Å². The molecule has 0 bridgehead atoms. The molecule has 1 aromatic rings. The summed E-state index contributed by atoms with van der Waals surface area (Å²) in [5, 5.41) is 19.8. The van der Waals surface area contributed by atoms with E-state index in [1.165, 1.54) is 4.90 Å². The average Bonchev–Trinajstić information content (AvgIpc) is 2.82. The lowest BCUT2D eigenvalue weighted by atomic mass is 10.3. The normalized spacial score (nSPS) is 15.9. The molecule has 1 aromatic heterocycles. The number of rotatable bonds is 3. The lowest BCUT2D eigenvalue weighted by Gasteiger charge is -2.28. The van der Waals surface area contributed by atoms with Crippen molar-refractivity contribution in [2.24, 2.45) is 0 Å². The Kier molecular flexibility index (Phi) is 3.47. The van der Waals surface area contributed by atoms with Gasteiger partial charge in [-0.2, -0.15) is 0 Å². The third-order valence-corrected chi connectivity index (χ3v) is 2.81. The van der Waals surface area contributed by atoms with Crippen LogP contribution in [0, 0.1) is 0 Å². The summed E-state index contributed by atoms with van der Waals surface area (Å²) in [5.74, 6) is -0.503. The van der Waals surface area contributed by atoms with Crippen LogP contribution in [0.2, 0.25) is 0 Å². The average molecular weight is 254 g/mol. The third kappa shape index (κ3) is 2.43. The van der Waals surface area contributed by atoms with E-state index in [0.29, 0.717) is 19.6 Å². The number of aliphatic carboxylic acids is 1. The molecule has 18 heavy (non-hydrogen) atoms. The van der Waals surface area contributed by atoms with Gasteiger partial charge in [0.1, 0.15) is 5.82 Å². The summed E-state index contributed by atoms with van der Waals surface area (Å²) in [6.07, 6.45) is 3.49. The number of aliphatic hydroxyl groups is 1. The van der Waals surface area contributed by atoms with E-state index < -0.39 is 24.6 Å². The minimum atomic E-state index is -1.28. The van der Waals surface area contributed by atoms with Gasteiger partial charge in [-0.15, -0.1) is 0 Å². The molecular weight excluding hydrogens is 240 g/mol. The highest BCUT2D eigenvalue weighted by Gasteiger charge is 2.25. The SMILES string of the molecule is O=C(O)C(CO)NC(=O)N1CCn2ccnc2C1. The molecule has 8 nitrogen and oxygen atoms in total. The topological polar surface area (TPSA) is 108 Å².